The Balaban J connectivity index is 2.06. The van der Waals surface area contributed by atoms with Gasteiger partial charge >= 0.3 is 0 Å². The van der Waals surface area contributed by atoms with Crippen molar-refractivity contribution in [2.75, 3.05) is 29.9 Å². The van der Waals surface area contributed by atoms with Crippen molar-refractivity contribution in [3.05, 3.63) is 47.8 Å². The van der Waals surface area contributed by atoms with Gasteiger partial charge in [0.25, 0.3) is 5.91 Å². The molecule has 0 radical (unpaired) electrons. The molecule has 118 valence electrons. The lowest BCUT2D eigenvalue weighted by atomic mass is 10.1. The number of fused-ring (bicyclic) bond motifs is 1. The van der Waals surface area contributed by atoms with Gasteiger partial charge in [-0.2, -0.15) is 5.26 Å². The fourth-order valence-electron chi connectivity index (χ4n) is 3.22. The molecule has 0 saturated heterocycles. The van der Waals surface area contributed by atoms with Crippen LogP contribution >= 0.6 is 0 Å². The summed E-state index contributed by atoms with van der Waals surface area (Å²) in [7, 11) is 3.81. The molecule has 1 atom stereocenters. The van der Waals surface area contributed by atoms with Gasteiger partial charge in [-0.1, -0.05) is 19.1 Å². The fourth-order valence-corrected chi connectivity index (χ4v) is 3.22. The minimum absolute atomic E-state index is 0.0661. The van der Waals surface area contributed by atoms with E-state index in [2.05, 4.69) is 24.9 Å². The zero-order chi connectivity index (χ0) is 16.6. The van der Waals surface area contributed by atoms with Gasteiger partial charge in [0.15, 0.2) is 0 Å². The van der Waals surface area contributed by atoms with Crippen molar-refractivity contribution < 1.29 is 4.79 Å². The summed E-state index contributed by atoms with van der Waals surface area (Å²) < 4.78 is 1.66. The van der Waals surface area contributed by atoms with E-state index >= 15 is 0 Å². The molecule has 1 aliphatic rings. The van der Waals surface area contributed by atoms with Crippen molar-refractivity contribution in [3.8, 4) is 6.07 Å². The van der Waals surface area contributed by atoms with Gasteiger partial charge in [-0.3, -0.25) is 4.79 Å². The minimum atomic E-state index is -0.0661. The number of nitrogens with zero attached hydrogens (tertiary/aromatic N) is 4. The van der Waals surface area contributed by atoms with Crippen LogP contribution in [0.3, 0.4) is 0 Å². The third-order valence-electron chi connectivity index (χ3n) is 4.36. The maximum absolute atomic E-state index is 13.1. The highest BCUT2D eigenvalue weighted by atomic mass is 16.2. The normalized spacial score (nSPS) is 17.4. The first-order valence-electron chi connectivity index (χ1n) is 7.70. The van der Waals surface area contributed by atoms with E-state index in [9.17, 15) is 4.79 Å². The van der Waals surface area contributed by atoms with Crippen LogP contribution < -0.4 is 9.80 Å². The summed E-state index contributed by atoms with van der Waals surface area (Å²) in [4.78, 5) is 17.1. The predicted octanol–water partition coefficient (Wildman–Crippen LogP) is 2.63. The molecule has 1 aromatic carbocycles. The molecule has 0 N–H and O–H groups in total. The number of hydrogen-bond acceptors (Lipinski definition) is 3. The summed E-state index contributed by atoms with van der Waals surface area (Å²) in [6, 6.07) is 13.5. The Hall–Kier alpha value is -2.74. The minimum Gasteiger partial charge on any atom is -0.373 e. The largest absolute Gasteiger partial charge is 0.373 e. The number of carbonyl (C=O) groups is 1. The molecule has 0 saturated carbocycles. The second kappa shape index (κ2) is 5.81. The van der Waals surface area contributed by atoms with E-state index in [0.717, 1.165) is 17.9 Å². The fraction of sp³-hybridized carbons (Fsp3) is 0.333. The van der Waals surface area contributed by atoms with Gasteiger partial charge in [0, 0.05) is 27.2 Å². The lowest BCUT2D eigenvalue weighted by Gasteiger charge is -2.24. The molecular weight excluding hydrogens is 288 g/mol. The molecule has 2 aromatic rings. The van der Waals surface area contributed by atoms with Crippen molar-refractivity contribution in [1.29, 1.82) is 5.26 Å². The first kappa shape index (κ1) is 15.2. The molecule has 1 amide bonds. The van der Waals surface area contributed by atoms with Crippen molar-refractivity contribution in [1.82, 2.24) is 4.57 Å². The van der Waals surface area contributed by atoms with Crippen molar-refractivity contribution in [2.45, 2.75) is 6.92 Å². The van der Waals surface area contributed by atoms with Gasteiger partial charge in [0.05, 0.1) is 11.4 Å². The van der Waals surface area contributed by atoms with Gasteiger partial charge in [-0.05, 0) is 30.2 Å². The average molecular weight is 308 g/mol. The van der Waals surface area contributed by atoms with E-state index in [1.807, 2.05) is 29.2 Å². The van der Waals surface area contributed by atoms with E-state index in [1.165, 1.54) is 0 Å². The number of benzene rings is 1. The Morgan fingerprint density at radius 3 is 2.48 bits per heavy atom. The Labute approximate surface area is 136 Å². The van der Waals surface area contributed by atoms with Crippen LogP contribution in [0, 0.1) is 17.2 Å². The number of rotatable bonds is 1. The third kappa shape index (κ3) is 2.57. The molecule has 0 aliphatic carbocycles. The number of nitriles is 1. The zero-order valence-corrected chi connectivity index (χ0v) is 13.7. The molecular formula is C18H20N4O. The number of carbonyl (C=O) groups excluding carboxylic acids is 1. The molecule has 1 aromatic heterocycles. The van der Waals surface area contributed by atoms with E-state index in [4.69, 9.17) is 5.26 Å². The van der Waals surface area contributed by atoms with Gasteiger partial charge in [0.2, 0.25) is 0 Å². The Morgan fingerprint density at radius 2 is 1.83 bits per heavy atom. The van der Waals surface area contributed by atoms with Crippen molar-refractivity contribution in [3.63, 3.8) is 0 Å². The van der Waals surface area contributed by atoms with Crippen LogP contribution in [0.2, 0.25) is 0 Å². The quantitative estimate of drug-likeness (QED) is 0.814. The maximum atomic E-state index is 13.1. The van der Waals surface area contributed by atoms with Crippen LogP contribution in [0.4, 0.5) is 11.4 Å². The van der Waals surface area contributed by atoms with Crippen LogP contribution in [0.15, 0.2) is 36.4 Å². The summed E-state index contributed by atoms with van der Waals surface area (Å²) in [6.45, 7) is 3.71. The molecule has 1 aliphatic heterocycles. The summed E-state index contributed by atoms with van der Waals surface area (Å²) in [5, 5.41) is 9.10. The molecule has 3 rings (SSSR count). The van der Waals surface area contributed by atoms with Crippen molar-refractivity contribution >= 4 is 17.3 Å². The summed E-state index contributed by atoms with van der Waals surface area (Å²) >= 11 is 0. The van der Waals surface area contributed by atoms with E-state index in [1.54, 1.807) is 23.7 Å². The highest BCUT2D eigenvalue weighted by Crippen LogP contribution is 2.33. The first-order valence-corrected chi connectivity index (χ1v) is 7.70. The van der Waals surface area contributed by atoms with Crippen molar-refractivity contribution in [2.24, 2.45) is 13.0 Å². The Morgan fingerprint density at radius 1 is 1.13 bits per heavy atom. The van der Waals surface area contributed by atoms with E-state index in [0.29, 0.717) is 23.9 Å². The molecule has 5 nitrogen and oxygen atoms in total. The molecule has 0 bridgehead atoms. The maximum Gasteiger partial charge on any atom is 0.274 e. The average Bonchev–Trinajstić information content (AvgIpc) is 2.86. The zero-order valence-electron chi connectivity index (χ0n) is 13.7. The SMILES string of the molecule is CC1CN(C)c2ccccc2N(C(=O)c2ccc(C#N)n2C)C1. The van der Waals surface area contributed by atoms with Crippen LogP contribution in [-0.4, -0.2) is 30.6 Å². The smallest absolute Gasteiger partial charge is 0.274 e. The number of para-hydroxylation sites is 2. The third-order valence-corrected chi connectivity index (χ3v) is 4.36. The van der Waals surface area contributed by atoms with Crippen LogP contribution in [0.1, 0.15) is 23.1 Å². The molecule has 5 heteroatoms. The molecule has 23 heavy (non-hydrogen) atoms. The monoisotopic (exact) mass is 308 g/mol. The molecule has 0 fully saturated rings. The summed E-state index contributed by atoms with van der Waals surface area (Å²) in [5.41, 5.74) is 3.00. The van der Waals surface area contributed by atoms with Crippen LogP contribution in [0.25, 0.3) is 0 Å². The number of hydrogen-bond donors (Lipinski definition) is 0. The highest BCUT2D eigenvalue weighted by Gasteiger charge is 2.28. The van der Waals surface area contributed by atoms with Gasteiger partial charge in [0.1, 0.15) is 17.5 Å². The van der Waals surface area contributed by atoms with Crippen LogP contribution in [0.5, 0.6) is 0 Å². The second-order valence-corrected chi connectivity index (χ2v) is 6.16. The Kier molecular flexibility index (Phi) is 3.83. The molecule has 1 unspecified atom stereocenters. The van der Waals surface area contributed by atoms with Gasteiger partial charge in [-0.25, -0.2) is 0 Å². The summed E-state index contributed by atoms with van der Waals surface area (Å²) in [6.07, 6.45) is 0. The first-order chi connectivity index (χ1) is 11.0. The standard InChI is InChI=1S/C18H20N4O/c1-13-11-20(2)15-6-4-5-7-16(15)22(12-13)18(23)17-9-8-14(10-19)21(17)3/h4-9,13H,11-12H2,1-3H3. The Bertz CT molecular complexity index is 787. The van der Waals surface area contributed by atoms with Gasteiger partial charge < -0.3 is 14.4 Å². The lowest BCUT2D eigenvalue weighted by molar-refractivity contribution is 0.0976. The highest BCUT2D eigenvalue weighted by molar-refractivity contribution is 6.07. The number of amides is 1. The van der Waals surface area contributed by atoms with E-state index < -0.39 is 0 Å². The predicted molar refractivity (Wildman–Crippen MR) is 90.7 cm³/mol. The second-order valence-electron chi connectivity index (χ2n) is 6.16. The topological polar surface area (TPSA) is 52.3 Å². The lowest BCUT2D eigenvalue weighted by Crippen LogP contribution is -2.36. The molecule has 2 heterocycles. The van der Waals surface area contributed by atoms with Crippen LogP contribution in [-0.2, 0) is 7.05 Å². The number of anilines is 2. The number of aromatic nitrogens is 1. The van der Waals surface area contributed by atoms with E-state index in [-0.39, 0.29) is 5.91 Å². The summed E-state index contributed by atoms with van der Waals surface area (Å²) in [5.74, 6) is 0.288. The van der Waals surface area contributed by atoms with Gasteiger partial charge in [-0.15, -0.1) is 0 Å². The molecule has 0 spiro atoms.